The maximum absolute atomic E-state index is 5.14. The van der Waals surface area contributed by atoms with Crippen molar-refractivity contribution in [2.24, 2.45) is 7.05 Å². The molecule has 0 aromatic carbocycles. The Labute approximate surface area is 107 Å². The molecule has 98 valence electrons. The molecular weight excluding hydrogens is 228 g/mol. The summed E-state index contributed by atoms with van der Waals surface area (Å²) < 4.78 is 7.01. The predicted molar refractivity (Wildman–Crippen MR) is 69.1 cm³/mol. The van der Waals surface area contributed by atoms with Gasteiger partial charge in [0.15, 0.2) is 0 Å². The number of aryl methyl sites for hydroxylation is 4. The lowest BCUT2D eigenvalue weighted by Crippen LogP contribution is -2.14. The lowest BCUT2D eigenvalue weighted by Gasteiger charge is -2.03. The Balaban J connectivity index is 1.96. The number of nitrogens with one attached hydrogen (secondary N) is 1. The first-order valence-electron chi connectivity index (χ1n) is 6.25. The second-order valence-corrected chi connectivity index (χ2v) is 4.53. The Morgan fingerprint density at radius 3 is 2.72 bits per heavy atom. The highest BCUT2D eigenvalue weighted by atomic mass is 16.5. The van der Waals surface area contributed by atoms with Crippen molar-refractivity contribution in [1.82, 2.24) is 20.3 Å². The van der Waals surface area contributed by atoms with E-state index < -0.39 is 0 Å². The normalized spacial score (nSPS) is 11.1. The van der Waals surface area contributed by atoms with E-state index in [0.717, 1.165) is 42.2 Å². The number of hydrogen-bond donors (Lipinski definition) is 1. The van der Waals surface area contributed by atoms with E-state index in [4.69, 9.17) is 4.52 Å². The topological polar surface area (TPSA) is 55.9 Å². The standard InChI is InChI=1S/C13H20N4O/c1-5-13-11(8-17(4)15-13)6-14-7-12-9(2)16-18-10(12)3/h8,14H,5-7H2,1-4H3. The third kappa shape index (κ3) is 2.61. The maximum atomic E-state index is 5.14. The molecule has 2 aromatic heterocycles. The second kappa shape index (κ2) is 5.35. The first-order valence-corrected chi connectivity index (χ1v) is 6.25. The fourth-order valence-electron chi connectivity index (χ4n) is 2.11. The molecule has 0 unspecified atom stereocenters. The van der Waals surface area contributed by atoms with Gasteiger partial charge < -0.3 is 9.84 Å². The van der Waals surface area contributed by atoms with Gasteiger partial charge in [-0.15, -0.1) is 0 Å². The first kappa shape index (κ1) is 12.8. The molecule has 0 aliphatic carbocycles. The molecule has 0 amide bonds. The molecule has 0 spiro atoms. The maximum Gasteiger partial charge on any atom is 0.138 e. The Morgan fingerprint density at radius 1 is 1.33 bits per heavy atom. The van der Waals surface area contributed by atoms with E-state index in [1.54, 1.807) is 0 Å². The summed E-state index contributed by atoms with van der Waals surface area (Å²) in [6.07, 6.45) is 3.03. The van der Waals surface area contributed by atoms with E-state index in [9.17, 15) is 0 Å². The third-order valence-electron chi connectivity index (χ3n) is 3.13. The molecule has 5 heteroatoms. The highest BCUT2D eigenvalue weighted by Gasteiger charge is 2.09. The predicted octanol–water partition coefficient (Wildman–Crippen LogP) is 1.88. The minimum Gasteiger partial charge on any atom is -0.361 e. The van der Waals surface area contributed by atoms with Crippen molar-refractivity contribution in [3.8, 4) is 0 Å². The molecule has 1 N–H and O–H groups in total. The van der Waals surface area contributed by atoms with Crippen LogP contribution in [0.3, 0.4) is 0 Å². The van der Waals surface area contributed by atoms with E-state index in [1.165, 1.54) is 5.56 Å². The molecule has 0 fully saturated rings. The average molecular weight is 248 g/mol. The van der Waals surface area contributed by atoms with Crippen LogP contribution in [0.4, 0.5) is 0 Å². The van der Waals surface area contributed by atoms with Crippen LogP contribution in [0.25, 0.3) is 0 Å². The van der Waals surface area contributed by atoms with Crippen molar-refractivity contribution in [2.75, 3.05) is 0 Å². The Kier molecular flexibility index (Phi) is 3.81. The number of aromatic nitrogens is 3. The van der Waals surface area contributed by atoms with Gasteiger partial charge in [-0.05, 0) is 20.3 Å². The number of rotatable bonds is 5. The van der Waals surface area contributed by atoms with Crippen molar-refractivity contribution in [1.29, 1.82) is 0 Å². The van der Waals surface area contributed by atoms with Gasteiger partial charge in [-0.1, -0.05) is 12.1 Å². The molecule has 0 aliphatic heterocycles. The van der Waals surface area contributed by atoms with Crippen LogP contribution >= 0.6 is 0 Å². The molecule has 5 nitrogen and oxygen atoms in total. The van der Waals surface area contributed by atoms with Crippen LogP contribution in [0, 0.1) is 13.8 Å². The zero-order valence-electron chi connectivity index (χ0n) is 11.4. The molecule has 0 radical (unpaired) electrons. The minimum absolute atomic E-state index is 0.777. The smallest absolute Gasteiger partial charge is 0.138 e. The van der Waals surface area contributed by atoms with E-state index in [-0.39, 0.29) is 0 Å². The van der Waals surface area contributed by atoms with Crippen LogP contribution in [0.1, 0.15) is 35.2 Å². The largest absolute Gasteiger partial charge is 0.361 e. The van der Waals surface area contributed by atoms with E-state index >= 15 is 0 Å². The van der Waals surface area contributed by atoms with Crippen molar-refractivity contribution in [3.63, 3.8) is 0 Å². The summed E-state index contributed by atoms with van der Waals surface area (Å²) in [5.74, 6) is 0.891. The summed E-state index contributed by atoms with van der Waals surface area (Å²) in [5.41, 5.74) is 4.52. The summed E-state index contributed by atoms with van der Waals surface area (Å²) in [6, 6.07) is 0. The monoisotopic (exact) mass is 248 g/mol. The van der Waals surface area contributed by atoms with Gasteiger partial charge in [-0.2, -0.15) is 5.10 Å². The van der Waals surface area contributed by atoms with Crippen LogP contribution in [0.15, 0.2) is 10.7 Å². The Morgan fingerprint density at radius 2 is 2.11 bits per heavy atom. The summed E-state index contributed by atoms with van der Waals surface area (Å²) >= 11 is 0. The SMILES string of the molecule is CCc1nn(C)cc1CNCc1c(C)noc1C. The molecule has 0 atom stereocenters. The lowest BCUT2D eigenvalue weighted by molar-refractivity contribution is 0.392. The van der Waals surface area contributed by atoms with Gasteiger partial charge >= 0.3 is 0 Å². The van der Waals surface area contributed by atoms with Gasteiger partial charge in [0.2, 0.25) is 0 Å². The zero-order valence-corrected chi connectivity index (χ0v) is 11.4. The third-order valence-corrected chi connectivity index (χ3v) is 3.13. The van der Waals surface area contributed by atoms with Crippen molar-refractivity contribution < 1.29 is 4.52 Å². The van der Waals surface area contributed by atoms with Gasteiger partial charge in [-0.3, -0.25) is 4.68 Å². The van der Waals surface area contributed by atoms with E-state index in [0.29, 0.717) is 0 Å². The van der Waals surface area contributed by atoms with Gasteiger partial charge in [0.25, 0.3) is 0 Å². The van der Waals surface area contributed by atoms with Gasteiger partial charge in [0.05, 0.1) is 11.4 Å². The summed E-state index contributed by atoms with van der Waals surface area (Å²) in [6.45, 7) is 7.63. The fourth-order valence-corrected chi connectivity index (χ4v) is 2.11. The molecule has 18 heavy (non-hydrogen) atoms. The summed E-state index contributed by atoms with van der Waals surface area (Å²) in [4.78, 5) is 0. The van der Waals surface area contributed by atoms with Crippen LogP contribution in [-0.2, 0) is 26.6 Å². The van der Waals surface area contributed by atoms with Crippen LogP contribution in [0.5, 0.6) is 0 Å². The van der Waals surface area contributed by atoms with Gasteiger partial charge in [-0.25, -0.2) is 0 Å². The van der Waals surface area contributed by atoms with E-state index in [1.807, 2.05) is 25.6 Å². The van der Waals surface area contributed by atoms with Gasteiger partial charge in [0.1, 0.15) is 5.76 Å². The first-order chi connectivity index (χ1) is 8.61. The number of nitrogens with zero attached hydrogens (tertiary/aromatic N) is 3. The number of hydrogen-bond acceptors (Lipinski definition) is 4. The molecular formula is C13H20N4O. The fraction of sp³-hybridized carbons (Fsp3) is 0.538. The highest BCUT2D eigenvalue weighted by Crippen LogP contribution is 2.12. The highest BCUT2D eigenvalue weighted by molar-refractivity contribution is 5.21. The van der Waals surface area contributed by atoms with Crippen molar-refractivity contribution >= 4 is 0 Å². The summed E-state index contributed by atoms with van der Waals surface area (Å²) in [5, 5.41) is 11.8. The molecule has 2 rings (SSSR count). The average Bonchev–Trinajstić information content (AvgIpc) is 2.85. The van der Waals surface area contributed by atoms with Gasteiger partial charge in [0, 0.05) is 37.5 Å². The zero-order chi connectivity index (χ0) is 13.1. The lowest BCUT2D eigenvalue weighted by atomic mass is 10.2. The molecule has 0 aliphatic rings. The molecule has 0 bridgehead atoms. The Bertz CT molecular complexity index is 508. The molecule has 2 heterocycles. The van der Waals surface area contributed by atoms with Crippen LogP contribution < -0.4 is 5.32 Å². The Hall–Kier alpha value is -1.62. The quantitative estimate of drug-likeness (QED) is 0.877. The molecule has 0 saturated heterocycles. The molecule has 0 saturated carbocycles. The second-order valence-electron chi connectivity index (χ2n) is 4.53. The van der Waals surface area contributed by atoms with E-state index in [2.05, 4.69) is 28.7 Å². The summed E-state index contributed by atoms with van der Waals surface area (Å²) in [7, 11) is 1.96. The van der Waals surface area contributed by atoms with Crippen molar-refractivity contribution in [2.45, 2.75) is 40.3 Å². The molecule has 2 aromatic rings. The van der Waals surface area contributed by atoms with Crippen LogP contribution in [0.2, 0.25) is 0 Å². The minimum atomic E-state index is 0.777. The van der Waals surface area contributed by atoms with Crippen molar-refractivity contribution in [3.05, 3.63) is 34.5 Å². The van der Waals surface area contributed by atoms with Crippen LogP contribution in [-0.4, -0.2) is 14.9 Å².